The molecule has 1 fully saturated rings. The number of thiophene rings is 1. The van der Waals surface area contributed by atoms with Crippen molar-refractivity contribution in [3.8, 4) is 5.75 Å². The van der Waals surface area contributed by atoms with E-state index in [0.29, 0.717) is 10.6 Å². The molecule has 1 aliphatic rings. The highest BCUT2D eigenvalue weighted by molar-refractivity contribution is 7.14. The second-order valence-electron chi connectivity index (χ2n) is 6.41. The lowest BCUT2D eigenvalue weighted by Gasteiger charge is -2.38. The number of anilines is 2. The number of hydrogen-bond acceptors (Lipinski definition) is 6. The molecule has 2 amide bonds. The van der Waals surface area contributed by atoms with Crippen LogP contribution < -0.4 is 20.7 Å². The summed E-state index contributed by atoms with van der Waals surface area (Å²) in [4.78, 5) is 28.4. The summed E-state index contributed by atoms with van der Waals surface area (Å²) in [6.07, 6.45) is 0. The standard InChI is InChI=1S/C19H24N4O3S/c1-13(18(25)21-19-16(17(20)24)7-12-27-19)22-8-10-23(11-9-22)14-3-5-15(26-2)6-4-14/h3-7,12-13H,8-11H2,1-2H3,(H2,20,24)(H,21,25)/t13-/m0/s1. The van der Waals surface area contributed by atoms with Crippen molar-refractivity contribution in [2.75, 3.05) is 43.5 Å². The summed E-state index contributed by atoms with van der Waals surface area (Å²) >= 11 is 1.30. The average molecular weight is 388 g/mol. The van der Waals surface area contributed by atoms with E-state index in [9.17, 15) is 9.59 Å². The van der Waals surface area contributed by atoms with Crippen LogP contribution in [0, 0.1) is 0 Å². The third-order valence-electron chi connectivity index (χ3n) is 4.85. The van der Waals surface area contributed by atoms with E-state index in [1.165, 1.54) is 11.3 Å². The number of carbonyl (C=O) groups is 2. The predicted octanol–water partition coefficient (Wildman–Crippen LogP) is 2.00. The van der Waals surface area contributed by atoms with Gasteiger partial charge in [0.1, 0.15) is 10.8 Å². The Kier molecular flexibility index (Phi) is 5.98. The first-order valence-electron chi connectivity index (χ1n) is 8.81. The molecule has 144 valence electrons. The van der Waals surface area contributed by atoms with Crippen LogP contribution in [0.3, 0.4) is 0 Å². The molecule has 1 aromatic carbocycles. The number of ether oxygens (including phenoxy) is 1. The van der Waals surface area contributed by atoms with Crippen LogP contribution in [0.25, 0.3) is 0 Å². The summed E-state index contributed by atoms with van der Waals surface area (Å²) in [5.74, 6) is 0.178. The zero-order valence-corrected chi connectivity index (χ0v) is 16.3. The molecule has 0 aliphatic carbocycles. The molecule has 3 rings (SSSR count). The molecule has 2 aromatic rings. The number of nitrogens with two attached hydrogens (primary N) is 1. The number of amides is 2. The monoisotopic (exact) mass is 388 g/mol. The van der Waals surface area contributed by atoms with Crippen molar-refractivity contribution in [2.45, 2.75) is 13.0 Å². The van der Waals surface area contributed by atoms with Gasteiger partial charge in [-0.1, -0.05) is 0 Å². The number of carbonyl (C=O) groups excluding carboxylic acids is 2. The topological polar surface area (TPSA) is 87.9 Å². The molecule has 0 radical (unpaired) electrons. The highest BCUT2D eigenvalue weighted by atomic mass is 32.1. The smallest absolute Gasteiger partial charge is 0.251 e. The molecule has 0 unspecified atom stereocenters. The van der Waals surface area contributed by atoms with Crippen LogP contribution in [0.4, 0.5) is 10.7 Å². The predicted molar refractivity (Wildman–Crippen MR) is 108 cm³/mol. The lowest BCUT2D eigenvalue weighted by atomic mass is 10.2. The molecular formula is C19H24N4O3S. The third kappa shape index (κ3) is 4.40. The van der Waals surface area contributed by atoms with Gasteiger partial charge in [0.15, 0.2) is 0 Å². The first kappa shape index (κ1) is 19.2. The molecule has 7 nitrogen and oxygen atoms in total. The van der Waals surface area contributed by atoms with Crippen molar-refractivity contribution in [2.24, 2.45) is 5.73 Å². The fourth-order valence-corrected chi connectivity index (χ4v) is 3.94. The number of rotatable bonds is 6. The van der Waals surface area contributed by atoms with E-state index < -0.39 is 5.91 Å². The Hall–Kier alpha value is -2.58. The van der Waals surface area contributed by atoms with E-state index in [1.54, 1.807) is 18.6 Å². The second kappa shape index (κ2) is 8.41. The number of benzene rings is 1. The Morgan fingerprint density at radius 3 is 2.41 bits per heavy atom. The molecule has 3 N–H and O–H groups in total. The van der Waals surface area contributed by atoms with Gasteiger partial charge in [0.25, 0.3) is 5.91 Å². The van der Waals surface area contributed by atoms with Gasteiger partial charge in [-0.05, 0) is 42.6 Å². The van der Waals surface area contributed by atoms with E-state index in [2.05, 4.69) is 15.1 Å². The van der Waals surface area contributed by atoms with Gasteiger partial charge in [0, 0.05) is 31.9 Å². The Labute approximate surface area is 162 Å². The molecule has 1 aromatic heterocycles. The van der Waals surface area contributed by atoms with Gasteiger partial charge in [-0.15, -0.1) is 11.3 Å². The molecule has 2 heterocycles. The number of nitrogens with zero attached hydrogens (tertiary/aromatic N) is 2. The van der Waals surface area contributed by atoms with Gasteiger partial charge in [0.2, 0.25) is 5.91 Å². The highest BCUT2D eigenvalue weighted by Gasteiger charge is 2.26. The van der Waals surface area contributed by atoms with Crippen LogP contribution >= 0.6 is 11.3 Å². The summed E-state index contributed by atoms with van der Waals surface area (Å²) in [6, 6.07) is 9.34. The van der Waals surface area contributed by atoms with Crippen LogP contribution in [0.15, 0.2) is 35.7 Å². The summed E-state index contributed by atoms with van der Waals surface area (Å²) in [5.41, 5.74) is 6.84. The molecule has 1 aliphatic heterocycles. The van der Waals surface area contributed by atoms with Crippen molar-refractivity contribution < 1.29 is 14.3 Å². The average Bonchev–Trinajstić information content (AvgIpc) is 3.16. The lowest BCUT2D eigenvalue weighted by molar-refractivity contribution is -0.120. The van der Waals surface area contributed by atoms with E-state index in [-0.39, 0.29) is 11.9 Å². The fourth-order valence-electron chi connectivity index (χ4n) is 3.14. The number of hydrogen-bond donors (Lipinski definition) is 2. The maximum atomic E-state index is 12.6. The Balaban J connectivity index is 1.55. The summed E-state index contributed by atoms with van der Waals surface area (Å²) in [5, 5.41) is 5.09. The number of methoxy groups -OCH3 is 1. The summed E-state index contributed by atoms with van der Waals surface area (Å²) in [7, 11) is 1.66. The molecule has 1 atom stereocenters. The van der Waals surface area contributed by atoms with Gasteiger partial charge in [0.05, 0.1) is 18.7 Å². The van der Waals surface area contributed by atoms with Crippen LogP contribution in [-0.2, 0) is 4.79 Å². The maximum absolute atomic E-state index is 12.6. The van der Waals surface area contributed by atoms with Gasteiger partial charge in [-0.3, -0.25) is 14.5 Å². The van der Waals surface area contributed by atoms with Crippen molar-refractivity contribution in [3.63, 3.8) is 0 Å². The molecule has 0 spiro atoms. The zero-order valence-electron chi connectivity index (χ0n) is 15.5. The molecule has 27 heavy (non-hydrogen) atoms. The largest absolute Gasteiger partial charge is 0.497 e. The van der Waals surface area contributed by atoms with E-state index in [1.807, 2.05) is 31.2 Å². The second-order valence-corrected chi connectivity index (χ2v) is 7.33. The molecule has 1 saturated heterocycles. The summed E-state index contributed by atoms with van der Waals surface area (Å²) in [6.45, 7) is 5.14. The van der Waals surface area contributed by atoms with Gasteiger partial charge < -0.3 is 20.7 Å². The third-order valence-corrected chi connectivity index (χ3v) is 5.68. The Morgan fingerprint density at radius 2 is 1.81 bits per heavy atom. The van der Waals surface area contributed by atoms with Crippen LogP contribution in [0.1, 0.15) is 17.3 Å². The van der Waals surface area contributed by atoms with Gasteiger partial charge >= 0.3 is 0 Å². The van der Waals surface area contributed by atoms with E-state index in [4.69, 9.17) is 10.5 Å². The maximum Gasteiger partial charge on any atom is 0.251 e. The number of primary amides is 1. The molecule has 8 heteroatoms. The quantitative estimate of drug-likeness (QED) is 0.790. The minimum Gasteiger partial charge on any atom is -0.497 e. The minimum atomic E-state index is -0.535. The zero-order chi connectivity index (χ0) is 19.4. The van der Waals surface area contributed by atoms with Crippen molar-refractivity contribution in [3.05, 3.63) is 41.3 Å². The summed E-state index contributed by atoms with van der Waals surface area (Å²) < 4.78 is 5.20. The lowest BCUT2D eigenvalue weighted by Crippen LogP contribution is -2.52. The van der Waals surface area contributed by atoms with Crippen molar-refractivity contribution in [1.29, 1.82) is 0 Å². The van der Waals surface area contributed by atoms with Crippen LogP contribution in [0.2, 0.25) is 0 Å². The highest BCUT2D eigenvalue weighted by Crippen LogP contribution is 2.24. The minimum absolute atomic E-state index is 0.127. The first-order valence-corrected chi connectivity index (χ1v) is 9.68. The van der Waals surface area contributed by atoms with Crippen LogP contribution in [0.5, 0.6) is 5.75 Å². The first-order chi connectivity index (χ1) is 13.0. The number of piperazine rings is 1. The van der Waals surface area contributed by atoms with E-state index >= 15 is 0 Å². The van der Waals surface area contributed by atoms with Crippen molar-refractivity contribution >= 4 is 33.8 Å². The molecular weight excluding hydrogens is 364 g/mol. The Morgan fingerprint density at radius 1 is 1.15 bits per heavy atom. The fraction of sp³-hybridized carbons (Fsp3) is 0.368. The van der Waals surface area contributed by atoms with Crippen LogP contribution in [-0.4, -0.2) is 56.0 Å². The SMILES string of the molecule is COc1ccc(N2CCN([C@@H](C)C(=O)Nc3sccc3C(N)=O)CC2)cc1. The number of nitrogens with one attached hydrogen (secondary N) is 1. The van der Waals surface area contributed by atoms with Gasteiger partial charge in [-0.2, -0.15) is 0 Å². The van der Waals surface area contributed by atoms with Gasteiger partial charge in [-0.25, -0.2) is 0 Å². The van der Waals surface area contributed by atoms with E-state index in [0.717, 1.165) is 37.6 Å². The normalized spacial score (nSPS) is 16.0. The van der Waals surface area contributed by atoms with Crippen molar-refractivity contribution in [1.82, 2.24) is 4.90 Å². The molecule has 0 saturated carbocycles. The molecule has 0 bridgehead atoms. The Bertz CT molecular complexity index is 798.